The molecule has 2 rings (SSSR count). The normalized spacial score (nSPS) is 28.5. The molecule has 0 saturated carbocycles. The molecule has 6 heteroatoms. The quantitative estimate of drug-likeness (QED) is 0.625. The van der Waals surface area contributed by atoms with Gasteiger partial charge in [-0.25, -0.2) is 4.79 Å². The number of ether oxygens (including phenoxy) is 4. The molecular weight excluding hydrogens is 274 g/mol. The molecule has 3 atom stereocenters. The van der Waals surface area contributed by atoms with E-state index in [1.54, 1.807) is 12.2 Å². The fourth-order valence-corrected chi connectivity index (χ4v) is 2.21. The number of carbonyl (C=O) groups is 1. The van der Waals surface area contributed by atoms with Crippen LogP contribution in [0.1, 0.15) is 25.7 Å². The van der Waals surface area contributed by atoms with Gasteiger partial charge >= 0.3 is 6.09 Å². The van der Waals surface area contributed by atoms with E-state index in [9.17, 15) is 4.79 Å². The predicted octanol–water partition coefficient (Wildman–Crippen LogP) is 1.34. The van der Waals surface area contributed by atoms with Crippen LogP contribution in [0.2, 0.25) is 0 Å². The first-order valence-corrected chi connectivity index (χ1v) is 7.19. The fraction of sp³-hybridized carbons (Fsp3) is 0.667. The van der Waals surface area contributed by atoms with Crippen molar-refractivity contribution in [2.24, 2.45) is 5.73 Å². The Morgan fingerprint density at radius 2 is 2.24 bits per heavy atom. The first-order valence-electron chi connectivity index (χ1n) is 7.19. The van der Waals surface area contributed by atoms with Crippen molar-refractivity contribution >= 4 is 6.09 Å². The molecule has 116 valence electrons. The third kappa shape index (κ3) is 5.76. The van der Waals surface area contributed by atoms with E-state index < -0.39 is 12.2 Å². The molecule has 2 N–H and O–H groups in total. The van der Waals surface area contributed by atoms with Crippen LogP contribution >= 0.6 is 0 Å². The van der Waals surface area contributed by atoms with E-state index in [0.29, 0.717) is 19.6 Å². The predicted molar refractivity (Wildman–Crippen MR) is 75.3 cm³/mol. The van der Waals surface area contributed by atoms with Gasteiger partial charge < -0.3 is 24.7 Å². The van der Waals surface area contributed by atoms with Gasteiger partial charge in [-0.2, -0.15) is 0 Å². The maximum atomic E-state index is 10.8. The van der Waals surface area contributed by atoms with Crippen molar-refractivity contribution in [1.82, 2.24) is 0 Å². The summed E-state index contributed by atoms with van der Waals surface area (Å²) in [6.07, 6.45) is 5.46. The topological polar surface area (TPSA) is 80.0 Å². The molecule has 6 nitrogen and oxygen atoms in total. The number of primary amides is 1. The lowest BCUT2D eigenvalue weighted by Crippen LogP contribution is -2.36. The van der Waals surface area contributed by atoms with Gasteiger partial charge in [0, 0.05) is 13.0 Å². The molecule has 1 unspecified atom stereocenters. The van der Waals surface area contributed by atoms with E-state index >= 15 is 0 Å². The summed E-state index contributed by atoms with van der Waals surface area (Å²) in [4.78, 5) is 10.8. The van der Waals surface area contributed by atoms with Crippen molar-refractivity contribution in [3.05, 3.63) is 12.2 Å². The Labute approximate surface area is 124 Å². The van der Waals surface area contributed by atoms with Crippen LogP contribution in [0.4, 0.5) is 4.79 Å². The summed E-state index contributed by atoms with van der Waals surface area (Å²) < 4.78 is 21.4. The van der Waals surface area contributed by atoms with E-state index in [0.717, 1.165) is 25.9 Å². The molecule has 21 heavy (non-hydrogen) atoms. The third-order valence-corrected chi connectivity index (χ3v) is 3.26. The molecule has 1 fully saturated rings. The molecule has 1 amide bonds. The SMILES string of the molecule is NC(=O)O[C@@H]1C=CCO[C@@H]1CC#CCOC1CCCCO1. The van der Waals surface area contributed by atoms with Crippen LogP contribution in [-0.4, -0.2) is 44.4 Å². The number of carbonyl (C=O) groups excluding carboxylic acids is 1. The van der Waals surface area contributed by atoms with Gasteiger partial charge in [-0.05, 0) is 25.3 Å². The number of hydrogen-bond donors (Lipinski definition) is 1. The van der Waals surface area contributed by atoms with Gasteiger partial charge in [-0.3, -0.25) is 0 Å². The van der Waals surface area contributed by atoms with E-state index in [1.165, 1.54) is 0 Å². The first-order chi connectivity index (χ1) is 10.3. The number of rotatable bonds is 4. The van der Waals surface area contributed by atoms with E-state index in [1.807, 2.05) is 0 Å². The average molecular weight is 295 g/mol. The molecule has 0 bridgehead atoms. The summed E-state index contributed by atoms with van der Waals surface area (Å²) in [5, 5.41) is 0. The van der Waals surface area contributed by atoms with Crippen molar-refractivity contribution in [3.63, 3.8) is 0 Å². The summed E-state index contributed by atoms with van der Waals surface area (Å²) in [7, 11) is 0. The highest BCUT2D eigenvalue weighted by atomic mass is 16.7. The van der Waals surface area contributed by atoms with Crippen molar-refractivity contribution < 1.29 is 23.7 Å². The Bertz CT molecular complexity index is 420. The van der Waals surface area contributed by atoms with Crippen LogP contribution < -0.4 is 5.73 Å². The molecule has 0 aromatic carbocycles. The van der Waals surface area contributed by atoms with Gasteiger partial charge in [0.25, 0.3) is 0 Å². The molecule has 2 aliphatic heterocycles. The summed E-state index contributed by atoms with van der Waals surface area (Å²) >= 11 is 0. The molecular formula is C15H21NO5. The van der Waals surface area contributed by atoms with Gasteiger partial charge in [0.1, 0.15) is 18.8 Å². The lowest BCUT2D eigenvalue weighted by atomic mass is 10.1. The van der Waals surface area contributed by atoms with E-state index in [4.69, 9.17) is 24.7 Å². The fourth-order valence-electron chi connectivity index (χ4n) is 2.21. The van der Waals surface area contributed by atoms with Gasteiger partial charge in [0.2, 0.25) is 0 Å². The van der Waals surface area contributed by atoms with Gasteiger partial charge in [-0.15, -0.1) is 0 Å². The molecule has 1 saturated heterocycles. The van der Waals surface area contributed by atoms with Crippen molar-refractivity contribution in [2.45, 2.75) is 44.2 Å². The molecule has 0 spiro atoms. The van der Waals surface area contributed by atoms with Gasteiger partial charge in [0.15, 0.2) is 6.29 Å². The zero-order chi connectivity index (χ0) is 14.9. The Morgan fingerprint density at radius 1 is 1.33 bits per heavy atom. The van der Waals surface area contributed by atoms with E-state index in [-0.39, 0.29) is 12.4 Å². The Kier molecular flexibility index (Phi) is 6.54. The first kappa shape index (κ1) is 15.8. The van der Waals surface area contributed by atoms with Crippen LogP contribution in [0.25, 0.3) is 0 Å². The number of amides is 1. The Morgan fingerprint density at radius 3 is 3.00 bits per heavy atom. The largest absolute Gasteiger partial charge is 0.439 e. The molecule has 0 radical (unpaired) electrons. The standard InChI is InChI=1S/C15H21NO5/c16-15(17)21-13-7-5-11-18-12(13)6-1-3-9-19-14-8-2-4-10-20-14/h5,7,12-14H,2,4,6,8-11H2,(H2,16,17)/t12-,13-,14?/m1/s1. The second-order valence-electron chi connectivity index (χ2n) is 4.87. The number of nitrogens with two attached hydrogens (primary N) is 1. The highest BCUT2D eigenvalue weighted by Gasteiger charge is 2.24. The molecule has 2 heterocycles. The maximum absolute atomic E-state index is 10.8. The lowest BCUT2D eigenvalue weighted by Gasteiger charge is -2.25. The van der Waals surface area contributed by atoms with Crippen LogP contribution in [0, 0.1) is 11.8 Å². The summed E-state index contributed by atoms with van der Waals surface area (Å²) in [6, 6.07) is 0. The zero-order valence-electron chi connectivity index (χ0n) is 12.0. The monoisotopic (exact) mass is 295 g/mol. The molecule has 0 aliphatic carbocycles. The highest BCUT2D eigenvalue weighted by molar-refractivity contribution is 5.65. The average Bonchev–Trinajstić information content (AvgIpc) is 2.49. The lowest BCUT2D eigenvalue weighted by molar-refractivity contribution is -0.154. The Balaban J connectivity index is 1.70. The summed E-state index contributed by atoms with van der Waals surface area (Å²) in [5.41, 5.74) is 5.02. The van der Waals surface area contributed by atoms with Crippen molar-refractivity contribution in [3.8, 4) is 11.8 Å². The van der Waals surface area contributed by atoms with Crippen LogP contribution in [0.5, 0.6) is 0 Å². The van der Waals surface area contributed by atoms with Crippen LogP contribution in [-0.2, 0) is 18.9 Å². The van der Waals surface area contributed by atoms with E-state index in [2.05, 4.69) is 11.8 Å². The van der Waals surface area contributed by atoms with Gasteiger partial charge in [0.05, 0.1) is 6.61 Å². The van der Waals surface area contributed by atoms with Gasteiger partial charge in [-0.1, -0.05) is 17.9 Å². The second-order valence-corrected chi connectivity index (χ2v) is 4.87. The maximum Gasteiger partial charge on any atom is 0.405 e. The summed E-state index contributed by atoms with van der Waals surface area (Å²) in [5.74, 6) is 5.90. The van der Waals surface area contributed by atoms with Crippen molar-refractivity contribution in [2.75, 3.05) is 19.8 Å². The molecule has 2 aliphatic rings. The van der Waals surface area contributed by atoms with Crippen molar-refractivity contribution in [1.29, 1.82) is 0 Å². The zero-order valence-corrected chi connectivity index (χ0v) is 12.0. The minimum Gasteiger partial charge on any atom is -0.439 e. The molecule has 0 aromatic heterocycles. The highest BCUT2D eigenvalue weighted by Crippen LogP contribution is 2.15. The summed E-state index contributed by atoms with van der Waals surface area (Å²) in [6.45, 7) is 1.57. The minimum absolute atomic E-state index is 0.132. The minimum atomic E-state index is -0.814. The second kappa shape index (κ2) is 8.67. The smallest absolute Gasteiger partial charge is 0.405 e. The Hall–Kier alpha value is -1.55. The number of hydrogen-bond acceptors (Lipinski definition) is 5. The molecule has 0 aromatic rings. The van der Waals surface area contributed by atoms with Crippen LogP contribution in [0.15, 0.2) is 12.2 Å². The van der Waals surface area contributed by atoms with Crippen LogP contribution in [0.3, 0.4) is 0 Å². The third-order valence-electron chi connectivity index (χ3n) is 3.26.